The van der Waals surface area contributed by atoms with Crippen molar-refractivity contribution >= 4 is 11.6 Å². The van der Waals surface area contributed by atoms with Crippen molar-refractivity contribution in [2.75, 3.05) is 26.8 Å². The Bertz CT molecular complexity index is 414. The number of benzene rings is 1. The van der Waals surface area contributed by atoms with Gasteiger partial charge in [-0.3, -0.25) is 0 Å². The molecule has 0 bridgehead atoms. The summed E-state index contributed by atoms with van der Waals surface area (Å²) in [6.45, 7) is 6.48. The van der Waals surface area contributed by atoms with Crippen LogP contribution in [0.5, 0.6) is 5.75 Å². The van der Waals surface area contributed by atoms with Gasteiger partial charge < -0.3 is 14.8 Å². The van der Waals surface area contributed by atoms with Crippen LogP contribution in [-0.2, 0) is 4.74 Å². The molecule has 1 N–H and O–H groups in total. The molecule has 17 heavy (non-hydrogen) atoms. The van der Waals surface area contributed by atoms with Gasteiger partial charge in [-0.25, -0.2) is 0 Å². The molecule has 1 aliphatic heterocycles. The summed E-state index contributed by atoms with van der Waals surface area (Å²) in [5, 5.41) is 4.01. The Kier molecular flexibility index (Phi) is 3.92. The number of nitrogens with one attached hydrogen (secondary N) is 1. The van der Waals surface area contributed by atoms with Crippen molar-refractivity contribution in [3.63, 3.8) is 0 Å². The Morgan fingerprint density at radius 2 is 2.24 bits per heavy atom. The maximum absolute atomic E-state index is 6.32. The zero-order valence-corrected chi connectivity index (χ0v) is 11.2. The van der Waals surface area contributed by atoms with Crippen LogP contribution < -0.4 is 10.1 Å². The Hall–Kier alpha value is -0.770. The number of hydrogen-bond donors (Lipinski definition) is 1. The number of hydrogen-bond acceptors (Lipinski definition) is 3. The quantitative estimate of drug-likeness (QED) is 0.881. The molecular formula is C13H18ClNO2. The SMILES string of the molecule is COc1c(C2CNCCO2)cc(C)c(C)c1Cl. The minimum atomic E-state index is 0.0236. The minimum Gasteiger partial charge on any atom is -0.495 e. The molecule has 0 radical (unpaired) electrons. The molecule has 1 aromatic carbocycles. The standard InChI is InChI=1S/C13H18ClNO2/c1-8-6-10(11-7-15-4-5-17-11)13(16-3)12(14)9(8)2/h6,11,15H,4-5,7H2,1-3H3. The number of rotatable bonds is 2. The van der Waals surface area contributed by atoms with Gasteiger partial charge in [0.05, 0.1) is 24.8 Å². The Morgan fingerprint density at radius 1 is 1.47 bits per heavy atom. The molecule has 3 nitrogen and oxygen atoms in total. The molecular weight excluding hydrogens is 238 g/mol. The largest absolute Gasteiger partial charge is 0.495 e. The number of halogens is 1. The molecule has 1 aliphatic rings. The number of methoxy groups -OCH3 is 1. The third kappa shape index (κ3) is 2.41. The Labute approximate surface area is 107 Å². The van der Waals surface area contributed by atoms with Crippen LogP contribution in [0.4, 0.5) is 0 Å². The van der Waals surface area contributed by atoms with Gasteiger partial charge in [0.2, 0.25) is 0 Å². The van der Waals surface area contributed by atoms with Crippen LogP contribution in [0.1, 0.15) is 22.8 Å². The summed E-state index contributed by atoms with van der Waals surface area (Å²) in [4.78, 5) is 0. The van der Waals surface area contributed by atoms with Crippen LogP contribution in [0.25, 0.3) is 0 Å². The van der Waals surface area contributed by atoms with E-state index in [1.807, 2.05) is 6.92 Å². The predicted molar refractivity (Wildman–Crippen MR) is 69.0 cm³/mol. The lowest BCUT2D eigenvalue weighted by atomic mass is 10.0. The maximum atomic E-state index is 6.32. The molecule has 1 saturated heterocycles. The fraction of sp³-hybridized carbons (Fsp3) is 0.538. The lowest BCUT2D eigenvalue weighted by Gasteiger charge is -2.26. The highest BCUT2D eigenvalue weighted by Crippen LogP contribution is 2.38. The number of morpholine rings is 1. The smallest absolute Gasteiger partial charge is 0.143 e. The molecule has 4 heteroatoms. The average Bonchev–Trinajstić information content (AvgIpc) is 2.36. The third-order valence-corrected chi connectivity index (χ3v) is 3.69. The molecule has 94 valence electrons. The van der Waals surface area contributed by atoms with Crippen molar-refractivity contribution in [1.29, 1.82) is 0 Å². The van der Waals surface area contributed by atoms with Gasteiger partial charge in [-0.1, -0.05) is 11.6 Å². The normalized spacial score (nSPS) is 20.4. The number of aryl methyl sites for hydroxylation is 1. The van der Waals surface area contributed by atoms with Crippen molar-refractivity contribution in [3.05, 3.63) is 27.8 Å². The van der Waals surface area contributed by atoms with Crippen molar-refractivity contribution in [3.8, 4) is 5.75 Å². The lowest BCUT2D eigenvalue weighted by molar-refractivity contribution is 0.0262. The van der Waals surface area contributed by atoms with Crippen LogP contribution in [0.15, 0.2) is 6.07 Å². The molecule has 0 aliphatic carbocycles. The van der Waals surface area contributed by atoms with Crippen LogP contribution in [-0.4, -0.2) is 26.8 Å². The first-order valence-electron chi connectivity index (χ1n) is 5.81. The molecule has 2 rings (SSSR count). The van der Waals surface area contributed by atoms with E-state index in [9.17, 15) is 0 Å². The van der Waals surface area contributed by atoms with Crippen LogP contribution in [0.2, 0.25) is 5.02 Å². The van der Waals surface area contributed by atoms with E-state index in [1.165, 1.54) is 5.56 Å². The number of ether oxygens (including phenoxy) is 2. The fourth-order valence-corrected chi connectivity index (χ4v) is 2.42. The van der Waals surface area contributed by atoms with E-state index < -0.39 is 0 Å². The summed E-state index contributed by atoms with van der Waals surface area (Å²) in [5.74, 6) is 0.739. The molecule has 1 aromatic rings. The lowest BCUT2D eigenvalue weighted by Crippen LogP contribution is -2.33. The fourth-order valence-electron chi connectivity index (χ4n) is 2.09. The molecule has 0 aromatic heterocycles. The van der Waals surface area contributed by atoms with Crippen LogP contribution in [0.3, 0.4) is 0 Å². The van der Waals surface area contributed by atoms with Gasteiger partial charge in [0.1, 0.15) is 5.75 Å². The summed E-state index contributed by atoms with van der Waals surface area (Å²) in [5.41, 5.74) is 3.27. The van der Waals surface area contributed by atoms with Gasteiger partial charge in [-0.05, 0) is 31.0 Å². The van der Waals surface area contributed by atoms with Gasteiger partial charge in [0.25, 0.3) is 0 Å². The van der Waals surface area contributed by atoms with Gasteiger partial charge in [-0.2, -0.15) is 0 Å². The zero-order chi connectivity index (χ0) is 12.4. The summed E-state index contributed by atoms with van der Waals surface area (Å²) in [6.07, 6.45) is 0.0236. The Balaban J connectivity index is 2.44. The molecule has 1 atom stereocenters. The molecule has 0 saturated carbocycles. The first-order chi connectivity index (χ1) is 8.15. The molecule has 0 amide bonds. The third-order valence-electron chi connectivity index (χ3n) is 3.23. The summed E-state index contributed by atoms with van der Waals surface area (Å²) in [7, 11) is 1.65. The summed E-state index contributed by atoms with van der Waals surface area (Å²) >= 11 is 6.32. The van der Waals surface area contributed by atoms with E-state index in [4.69, 9.17) is 21.1 Å². The van der Waals surface area contributed by atoms with Gasteiger partial charge in [0.15, 0.2) is 0 Å². The van der Waals surface area contributed by atoms with E-state index in [1.54, 1.807) is 7.11 Å². The van der Waals surface area contributed by atoms with E-state index in [-0.39, 0.29) is 6.10 Å². The van der Waals surface area contributed by atoms with E-state index in [0.29, 0.717) is 5.02 Å². The van der Waals surface area contributed by atoms with E-state index in [0.717, 1.165) is 36.6 Å². The highest BCUT2D eigenvalue weighted by Gasteiger charge is 2.23. The van der Waals surface area contributed by atoms with Crippen molar-refractivity contribution in [2.45, 2.75) is 20.0 Å². The Morgan fingerprint density at radius 3 is 2.82 bits per heavy atom. The minimum absolute atomic E-state index is 0.0236. The first-order valence-corrected chi connectivity index (χ1v) is 6.19. The van der Waals surface area contributed by atoms with Gasteiger partial charge >= 0.3 is 0 Å². The average molecular weight is 256 g/mol. The molecule has 1 heterocycles. The topological polar surface area (TPSA) is 30.5 Å². The van der Waals surface area contributed by atoms with Crippen molar-refractivity contribution in [2.24, 2.45) is 0 Å². The van der Waals surface area contributed by atoms with Crippen LogP contribution in [0, 0.1) is 13.8 Å². The second-order valence-corrected chi connectivity index (χ2v) is 4.70. The van der Waals surface area contributed by atoms with E-state index in [2.05, 4.69) is 18.3 Å². The molecule has 1 unspecified atom stereocenters. The summed E-state index contributed by atoms with van der Waals surface area (Å²) in [6, 6.07) is 2.11. The monoisotopic (exact) mass is 255 g/mol. The maximum Gasteiger partial charge on any atom is 0.143 e. The highest BCUT2D eigenvalue weighted by molar-refractivity contribution is 6.33. The second-order valence-electron chi connectivity index (χ2n) is 4.32. The van der Waals surface area contributed by atoms with Crippen LogP contribution >= 0.6 is 11.6 Å². The predicted octanol–water partition coefficient (Wildman–Crippen LogP) is 2.63. The zero-order valence-electron chi connectivity index (χ0n) is 10.5. The molecule has 0 spiro atoms. The van der Waals surface area contributed by atoms with Gasteiger partial charge in [0, 0.05) is 18.7 Å². The van der Waals surface area contributed by atoms with Crippen molar-refractivity contribution in [1.82, 2.24) is 5.32 Å². The second kappa shape index (κ2) is 5.25. The highest BCUT2D eigenvalue weighted by atomic mass is 35.5. The van der Waals surface area contributed by atoms with Crippen molar-refractivity contribution < 1.29 is 9.47 Å². The summed E-state index contributed by atoms with van der Waals surface area (Å²) < 4.78 is 11.2. The molecule has 1 fully saturated rings. The van der Waals surface area contributed by atoms with E-state index >= 15 is 0 Å². The first kappa shape index (κ1) is 12.7. The van der Waals surface area contributed by atoms with Gasteiger partial charge in [-0.15, -0.1) is 0 Å².